The van der Waals surface area contributed by atoms with Crippen LogP contribution in [0.25, 0.3) is 11.1 Å². The number of Topliss-reactive ketones (excluding diaryl/α,β-unsaturated/α-hetero) is 1. The van der Waals surface area contributed by atoms with Gasteiger partial charge in [-0.2, -0.15) is 0 Å². The van der Waals surface area contributed by atoms with Crippen LogP contribution in [0.5, 0.6) is 57.5 Å². The molecule has 0 bridgehead atoms. The number of rotatable bonds is 6. The Morgan fingerprint density at radius 1 is 0.776 bits per heavy atom. The Balaban J connectivity index is 1.12. The van der Waals surface area contributed by atoms with Gasteiger partial charge in [0, 0.05) is 34.8 Å². The van der Waals surface area contributed by atoms with E-state index in [0.29, 0.717) is 18.2 Å². The molecule has 0 aromatic heterocycles. The second kappa shape index (κ2) is 17.0. The fraction of sp³-hybridized carbons (Fsp3) is 0.333. The highest BCUT2D eigenvalue weighted by molar-refractivity contribution is 6.46. The van der Waals surface area contributed by atoms with Crippen LogP contribution in [0.2, 0.25) is 0 Å². The number of phenolic OH excluding ortho intramolecular Hbond substituents is 9. The van der Waals surface area contributed by atoms with Crippen LogP contribution in [-0.4, -0.2) is 161 Å². The van der Waals surface area contributed by atoms with Gasteiger partial charge in [0.25, 0.3) is 0 Å². The van der Waals surface area contributed by atoms with Crippen LogP contribution in [-0.2, 0) is 23.7 Å². The van der Waals surface area contributed by atoms with Gasteiger partial charge in [-0.1, -0.05) is 5.16 Å². The van der Waals surface area contributed by atoms with Gasteiger partial charge < -0.3 is 105 Å². The summed E-state index contributed by atoms with van der Waals surface area (Å²) in [6, 6.07) is 1.87. The molecule has 7 unspecified atom stereocenters. The van der Waals surface area contributed by atoms with Gasteiger partial charge in [0.1, 0.15) is 41.8 Å². The molecule has 25 heteroatoms. The molecule has 5 aliphatic rings. The predicted molar refractivity (Wildman–Crippen MR) is 214 cm³/mol. The Hall–Kier alpha value is -7.52. The Morgan fingerprint density at radius 2 is 1.42 bits per heavy atom. The van der Waals surface area contributed by atoms with Crippen LogP contribution in [0, 0.1) is 5.92 Å². The maximum atomic E-state index is 13.7. The van der Waals surface area contributed by atoms with Crippen molar-refractivity contribution in [3.8, 4) is 68.6 Å². The Morgan fingerprint density at radius 3 is 2.09 bits per heavy atom. The van der Waals surface area contributed by atoms with E-state index in [1.54, 1.807) is 0 Å². The molecular formula is C42H39NO24. The molecule has 2 aliphatic heterocycles. The van der Waals surface area contributed by atoms with Gasteiger partial charge in [-0.3, -0.25) is 4.79 Å². The van der Waals surface area contributed by atoms with E-state index in [1.165, 1.54) is 0 Å². The number of esters is 1. The Bertz CT molecular complexity index is 2760. The summed E-state index contributed by atoms with van der Waals surface area (Å²) in [4.78, 5) is 38.7. The van der Waals surface area contributed by atoms with Gasteiger partial charge in [0.15, 0.2) is 64.1 Å². The maximum Gasteiger partial charge on any atom is 0.339 e. The molecule has 1 saturated heterocycles. The van der Waals surface area contributed by atoms with Crippen LogP contribution in [0.4, 0.5) is 0 Å². The molecule has 0 radical (unpaired) electrons. The number of aliphatic hydroxyl groups is 5. The third-order valence-electron chi connectivity index (χ3n) is 12.0. The van der Waals surface area contributed by atoms with Crippen molar-refractivity contribution in [2.24, 2.45) is 11.1 Å². The van der Waals surface area contributed by atoms with E-state index in [2.05, 4.69) is 5.16 Å². The Labute approximate surface area is 373 Å². The molecule has 67 heavy (non-hydrogen) atoms. The van der Waals surface area contributed by atoms with Crippen LogP contribution in [0.3, 0.4) is 0 Å². The molecule has 8 rings (SSSR count). The first kappa shape index (κ1) is 46.0. The molecule has 2 heterocycles. The predicted octanol–water partition coefficient (Wildman–Crippen LogP) is 0.482. The molecule has 3 aromatic carbocycles. The third-order valence-corrected chi connectivity index (χ3v) is 12.0. The highest BCUT2D eigenvalue weighted by Crippen LogP contribution is 2.55. The number of benzene rings is 3. The number of ether oxygens (including phenoxy) is 5. The summed E-state index contributed by atoms with van der Waals surface area (Å²) in [7, 11) is 0. The van der Waals surface area contributed by atoms with E-state index in [0.717, 1.165) is 6.08 Å². The maximum absolute atomic E-state index is 13.7. The van der Waals surface area contributed by atoms with E-state index in [9.17, 15) is 96.2 Å². The van der Waals surface area contributed by atoms with Gasteiger partial charge in [0.2, 0.25) is 23.0 Å². The van der Waals surface area contributed by atoms with Gasteiger partial charge in [-0.05, 0) is 48.1 Å². The Kier molecular flexibility index (Phi) is 11.7. The van der Waals surface area contributed by atoms with Crippen molar-refractivity contribution < 1.29 is 120 Å². The highest BCUT2D eigenvalue weighted by atomic mass is 16.7. The number of nitrogens with zero attached hydrogens (tertiary/aromatic N) is 1. The largest absolute Gasteiger partial charge is 0.505 e. The monoisotopic (exact) mass is 941 g/mol. The minimum atomic E-state index is -2.30. The van der Waals surface area contributed by atoms with Gasteiger partial charge >= 0.3 is 11.9 Å². The summed E-state index contributed by atoms with van der Waals surface area (Å²) in [5.74, 6) is -17.8. The number of phenols is 9. The molecule has 0 spiro atoms. The fourth-order valence-corrected chi connectivity index (χ4v) is 8.83. The number of fused-ring (bicyclic) bond motifs is 6. The van der Waals surface area contributed by atoms with Crippen LogP contribution >= 0.6 is 0 Å². The number of aromatic carboxylic acids is 1. The van der Waals surface area contributed by atoms with Gasteiger partial charge in [-0.25, -0.2) is 9.59 Å². The molecule has 3 aliphatic carbocycles. The summed E-state index contributed by atoms with van der Waals surface area (Å²) >= 11 is 0. The number of hydrogen-bond acceptors (Lipinski definition) is 24. The first-order valence-electron chi connectivity index (χ1n) is 19.9. The van der Waals surface area contributed by atoms with Crippen molar-refractivity contribution >= 4 is 23.4 Å². The number of oxime groups is 1. The molecule has 356 valence electrons. The van der Waals surface area contributed by atoms with E-state index < -0.39 is 195 Å². The number of carbonyl (C=O) groups excluding carboxylic acids is 2. The average Bonchev–Trinajstić information content (AvgIpc) is 3.43. The SMILES string of the molecule is O=C1CC2CC(OCC3OCC4OC(=O)c5cc(O)c(O)c(O)c5-c5c(cc(O)c(O)c5O)C(O)O[C@H]4[C@@H]3O)CC3=C(C2=C(O)C1=NO)C(O)C(O)C(Oc1c(C(=O)O)cc(O)c(O)c1O)=C3. The standard InChI is InChI=1S/C42H39NO24/c44-16-3-10-1-12(2-11-4-20(31(51)34(54)24(11)23(10)33(53)27(16)43-62)65-38-15(40(58)59)7-19(47)30(50)37(38)57)63-8-21-32(52)39-22(9-64-21)66-41(60)13-5-17(45)28(48)35(55)25(13)26-14(42(61)67-39)6-18(46)29(49)36(26)56/h4-7,10,12,21-22,31-32,34,39,42,45-57,61-62H,1-3,8-9H2,(H,58,59)/t10?,12?,21?,22?,31?,32-,34?,39-,42?/m1/s1. The fourth-order valence-electron chi connectivity index (χ4n) is 8.83. The summed E-state index contributed by atoms with van der Waals surface area (Å²) in [5.41, 5.74) is -4.93. The summed E-state index contributed by atoms with van der Waals surface area (Å²) in [6.45, 7) is -1.18. The number of carbonyl (C=O) groups is 3. The van der Waals surface area contributed by atoms with Gasteiger partial charge in [-0.15, -0.1) is 0 Å². The van der Waals surface area contributed by atoms with E-state index >= 15 is 0 Å². The summed E-state index contributed by atoms with van der Waals surface area (Å²) in [6.07, 6.45) is -14.0. The highest BCUT2D eigenvalue weighted by Gasteiger charge is 2.48. The van der Waals surface area contributed by atoms with E-state index in [-0.39, 0.29) is 29.6 Å². The lowest BCUT2D eigenvalue weighted by Crippen LogP contribution is -2.57. The van der Waals surface area contributed by atoms with Gasteiger partial charge in [0.05, 0.1) is 24.9 Å². The molecule has 1 fully saturated rings. The molecule has 0 amide bonds. The van der Waals surface area contributed by atoms with Crippen LogP contribution < -0.4 is 4.74 Å². The first-order valence-corrected chi connectivity index (χ1v) is 19.9. The molecule has 9 atom stereocenters. The number of carboxylic acids is 1. The minimum absolute atomic E-state index is 0.00520. The van der Waals surface area contributed by atoms with E-state index in [4.69, 9.17) is 23.7 Å². The van der Waals surface area contributed by atoms with Crippen molar-refractivity contribution in [1.29, 1.82) is 0 Å². The zero-order valence-corrected chi connectivity index (χ0v) is 33.9. The topological polar surface area (TPSA) is 433 Å². The van der Waals surface area contributed by atoms with Crippen LogP contribution in [0.15, 0.2) is 57.7 Å². The quantitative estimate of drug-likeness (QED) is 0.0691. The number of allylic oxidation sites excluding steroid dienone is 2. The number of aliphatic hydroxyl groups excluding tert-OH is 5. The zero-order valence-electron chi connectivity index (χ0n) is 33.9. The van der Waals surface area contributed by atoms with Crippen molar-refractivity contribution in [3.05, 3.63) is 69.2 Å². The first-order chi connectivity index (χ1) is 31.6. The van der Waals surface area contributed by atoms with Crippen molar-refractivity contribution in [2.45, 2.75) is 68.3 Å². The third kappa shape index (κ3) is 7.62. The second-order valence-corrected chi connectivity index (χ2v) is 16.0. The number of carboxylic acid groups (broad SMARTS) is 1. The number of ketones is 1. The van der Waals surface area contributed by atoms with Crippen molar-refractivity contribution in [1.82, 2.24) is 0 Å². The summed E-state index contributed by atoms with van der Waals surface area (Å²) in [5, 5.41) is 173. The molecule has 25 nitrogen and oxygen atoms in total. The summed E-state index contributed by atoms with van der Waals surface area (Å²) < 4.78 is 28.9. The minimum Gasteiger partial charge on any atom is -0.505 e. The normalized spacial score (nSPS) is 28.0. The zero-order chi connectivity index (χ0) is 48.7. The molecule has 0 saturated carbocycles. The molecule has 16 N–H and O–H groups in total. The molecular weight excluding hydrogens is 902 g/mol. The smallest absolute Gasteiger partial charge is 0.339 e. The lowest BCUT2D eigenvalue weighted by Gasteiger charge is -2.41. The van der Waals surface area contributed by atoms with Crippen molar-refractivity contribution in [3.63, 3.8) is 0 Å². The molecule has 3 aromatic rings. The lowest BCUT2D eigenvalue weighted by atomic mass is 9.76. The second-order valence-electron chi connectivity index (χ2n) is 16.0. The van der Waals surface area contributed by atoms with E-state index in [1.807, 2.05) is 0 Å². The average molecular weight is 942 g/mol. The number of aromatic hydroxyl groups is 9. The van der Waals surface area contributed by atoms with Crippen LogP contribution in [0.1, 0.15) is 51.8 Å². The number of hydrogen-bond donors (Lipinski definition) is 16. The lowest BCUT2D eigenvalue weighted by molar-refractivity contribution is -0.257. The van der Waals surface area contributed by atoms with Crippen molar-refractivity contribution in [2.75, 3.05) is 13.2 Å².